The number of ether oxygens (including phenoxy) is 2. The summed E-state index contributed by atoms with van der Waals surface area (Å²) in [7, 11) is 1.52. The van der Waals surface area contributed by atoms with Crippen molar-refractivity contribution in [2.45, 2.75) is 19.4 Å². The Bertz CT molecular complexity index is 388. The first-order chi connectivity index (χ1) is 8.08. The molecular formula is C12H16O5. The summed E-state index contributed by atoms with van der Waals surface area (Å²) in [4.78, 5) is 10.5. The number of methoxy groups -OCH3 is 1. The second-order valence-corrected chi connectivity index (χ2v) is 3.46. The SMILES string of the molecule is CCOc1cc(C(O)CC(=O)O)ccc1OC. The Hall–Kier alpha value is -1.75. The highest BCUT2D eigenvalue weighted by Gasteiger charge is 2.14. The molecule has 0 radical (unpaired) electrons. The maximum absolute atomic E-state index is 10.5. The summed E-state index contributed by atoms with van der Waals surface area (Å²) in [6.45, 7) is 2.30. The molecule has 5 nitrogen and oxygen atoms in total. The maximum atomic E-state index is 10.5. The highest BCUT2D eigenvalue weighted by Crippen LogP contribution is 2.31. The molecule has 0 aliphatic rings. The summed E-state index contributed by atoms with van der Waals surface area (Å²) in [5.74, 6) is 0.00124. The van der Waals surface area contributed by atoms with Crippen LogP contribution in [0.3, 0.4) is 0 Å². The molecule has 1 rings (SSSR count). The molecule has 0 bridgehead atoms. The monoisotopic (exact) mass is 240 g/mol. The Balaban J connectivity index is 2.94. The van der Waals surface area contributed by atoms with Gasteiger partial charge in [-0.2, -0.15) is 0 Å². The molecule has 0 spiro atoms. The molecular weight excluding hydrogens is 224 g/mol. The zero-order valence-electron chi connectivity index (χ0n) is 9.84. The van der Waals surface area contributed by atoms with Gasteiger partial charge in [-0.25, -0.2) is 0 Å². The second kappa shape index (κ2) is 6.10. The van der Waals surface area contributed by atoms with Crippen LogP contribution >= 0.6 is 0 Å². The van der Waals surface area contributed by atoms with E-state index in [1.54, 1.807) is 18.2 Å². The number of carboxylic acids is 1. The smallest absolute Gasteiger partial charge is 0.306 e. The average Bonchev–Trinajstić information content (AvgIpc) is 2.28. The van der Waals surface area contributed by atoms with Gasteiger partial charge in [0.15, 0.2) is 11.5 Å². The van der Waals surface area contributed by atoms with E-state index in [0.29, 0.717) is 23.7 Å². The first-order valence-corrected chi connectivity index (χ1v) is 5.29. The van der Waals surface area contributed by atoms with Crippen LogP contribution in [0.15, 0.2) is 18.2 Å². The lowest BCUT2D eigenvalue weighted by atomic mass is 10.1. The van der Waals surface area contributed by atoms with Gasteiger partial charge in [-0.1, -0.05) is 6.07 Å². The van der Waals surface area contributed by atoms with Gasteiger partial charge in [0.05, 0.1) is 26.2 Å². The van der Waals surface area contributed by atoms with Crippen molar-refractivity contribution in [2.24, 2.45) is 0 Å². The van der Waals surface area contributed by atoms with Crippen molar-refractivity contribution in [2.75, 3.05) is 13.7 Å². The fraction of sp³-hybridized carbons (Fsp3) is 0.417. The van der Waals surface area contributed by atoms with Crippen molar-refractivity contribution in [1.82, 2.24) is 0 Å². The minimum atomic E-state index is -1.05. The molecule has 17 heavy (non-hydrogen) atoms. The van der Waals surface area contributed by atoms with E-state index in [1.165, 1.54) is 7.11 Å². The third-order valence-electron chi connectivity index (χ3n) is 2.24. The van der Waals surface area contributed by atoms with Gasteiger partial charge >= 0.3 is 5.97 Å². The van der Waals surface area contributed by atoms with E-state index >= 15 is 0 Å². The Labute approximate surface area is 99.6 Å². The van der Waals surface area contributed by atoms with Gasteiger partial charge < -0.3 is 19.7 Å². The normalized spacial score (nSPS) is 11.9. The van der Waals surface area contributed by atoms with Crippen molar-refractivity contribution in [1.29, 1.82) is 0 Å². The summed E-state index contributed by atoms with van der Waals surface area (Å²) in [5, 5.41) is 18.3. The van der Waals surface area contributed by atoms with Crippen LogP contribution in [0.4, 0.5) is 0 Å². The highest BCUT2D eigenvalue weighted by atomic mass is 16.5. The Kier molecular flexibility index (Phi) is 4.78. The molecule has 1 aromatic carbocycles. The molecule has 0 amide bonds. The van der Waals surface area contributed by atoms with Gasteiger partial charge in [-0.15, -0.1) is 0 Å². The maximum Gasteiger partial charge on any atom is 0.306 e. The molecule has 1 unspecified atom stereocenters. The fourth-order valence-electron chi connectivity index (χ4n) is 1.45. The average molecular weight is 240 g/mol. The van der Waals surface area contributed by atoms with Crippen LogP contribution in [0.5, 0.6) is 11.5 Å². The summed E-state index contributed by atoms with van der Waals surface area (Å²) in [6.07, 6.45) is -1.38. The van der Waals surface area contributed by atoms with Crippen molar-refractivity contribution in [3.05, 3.63) is 23.8 Å². The lowest BCUT2D eigenvalue weighted by molar-refractivity contribution is -0.139. The molecule has 0 aliphatic carbocycles. The largest absolute Gasteiger partial charge is 0.493 e. The van der Waals surface area contributed by atoms with Crippen LogP contribution in [0.25, 0.3) is 0 Å². The number of carboxylic acid groups (broad SMARTS) is 1. The van der Waals surface area contributed by atoms with Crippen LogP contribution in [0.2, 0.25) is 0 Å². The van der Waals surface area contributed by atoms with E-state index in [0.717, 1.165) is 0 Å². The van der Waals surface area contributed by atoms with Gasteiger partial charge in [-0.05, 0) is 24.6 Å². The van der Waals surface area contributed by atoms with Crippen molar-refractivity contribution < 1.29 is 24.5 Å². The Morgan fingerprint density at radius 2 is 2.12 bits per heavy atom. The van der Waals surface area contributed by atoms with Crippen LogP contribution in [-0.4, -0.2) is 29.9 Å². The number of aliphatic hydroxyl groups excluding tert-OH is 1. The molecule has 0 heterocycles. The fourth-order valence-corrected chi connectivity index (χ4v) is 1.45. The number of rotatable bonds is 6. The van der Waals surface area contributed by atoms with E-state index in [4.69, 9.17) is 14.6 Å². The Morgan fingerprint density at radius 1 is 1.41 bits per heavy atom. The van der Waals surface area contributed by atoms with Crippen molar-refractivity contribution >= 4 is 5.97 Å². The first-order valence-electron chi connectivity index (χ1n) is 5.29. The lowest BCUT2D eigenvalue weighted by Crippen LogP contribution is -2.06. The number of carbonyl (C=O) groups is 1. The van der Waals surface area contributed by atoms with E-state index in [9.17, 15) is 9.90 Å². The highest BCUT2D eigenvalue weighted by molar-refractivity contribution is 5.67. The summed E-state index contributed by atoms with van der Waals surface area (Å²) < 4.78 is 10.4. The lowest BCUT2D eigenvalue weighted by Gasteiger charge is -2.13. The number of aliphatic hydroxyl groups is 1. The predicted octanol–water partition coefficient (Wildman–Crippen LogP) is 1.60. The van der Waals surface area contributed by atoms with E-state index in [2.05, 4.69) is 0 Å². The molecule has 0 fully saturated rings. The van der Waals surface area contributed by atoms with Gasteiger partial charge in [0, 0.05) is 0 Å². The molecule has 5 heteroatoms. The topological polar surface area (TPSA) is 76.0 Å². The number of aliphatic carboxylic acids is 1. The van der Waals surface area contributed by atoms with Crippen LogP contribution < -0.4 is 9.47 Å². The van der Waals surface area contributed by atoms with Crippen LogP contribution in [0, 0.1) is 0 Å². The molecule has 94 valence electrons. The molecule has 0 aliphatic heterocycles. The third kappa shape index (κ3) is 3.64. The van der Waals surface area contributed by atoms with E-state index < -0.39 is 12.1 Å². The van der Waals surface area contributed by atoms with Gasteiger partial charge in [0.25, 0.3) is 0 Å². The van der Waals surface area contributed by atoms with Crippen molar-refractivity contribution in [3.63, 3.8) is 0 Å². The Morgan fingerprint density at radius 3 is 2.65 bits per heavy atom. The number of hydrogen-bond donors (Lipinski definition) is 2. The zero-order chi connectivity index (χ0) is 12.8. The molecule has 1 atom stereocenters. The predicted molar refractivity (Wildman–Crippen MR) is 61.4 cm³/mol. The quantitative estimate of drug-likeness (QED) is 0.789. The minimum Gasteiger partial charge on any atom is -0.493 e. The molecule has 2 N–H and O–H groups in total. The molecule has 1 aromatic rings. The molecule has 0 saturated carbocycles. The molecule has 0 aromatic heterocycles. The van der Waals surface area contributed by atoms with Gasteiger partial charge in [0.2, 0.25) is 0 Å². The van der Waals surface area contributed by atoms with E-state index in [1.807, 2.05) is 6.92 Å². The third-order valence-corrected chi connectivity index (χ3v) is 2.24. The van der Waals surface area contributed by atoms with E-state index in [-0.39, 0.29) is 6.42 Å². The van der Waals surface area contributed by atoms with Gasteiger partial charge in [0.1, 0.15) is 0 Å². The first kappa shape index (κ1) is 13.3. The second-order valence-electron chi connectivity index (χ2n) is 3.46. The van der Waals surface area contributed by atoms with Crippen molar-refractivity contribution in [3.8, 4) is 11.5 Å². The molecule has 0 saturated heterocycles. The number of benzene rings is 1. The zero-order valence-corrected chi connectivity index (χ0v) is 9.84. The standard InChI is InChI=1S/C12H16O5/c1-3-17-11-6-8(4-5-10(11)16-2)9(13)7-12(14)15/h4-6,9,13H,3,7H2,1-2H3,(H,14,15). The minimum absolute atomic E-state index is 0.335. The summed E-state index contributed by atoms with van der Waals surface area (Å²) in [5.41, 5.74) is 0.497. The summed E-state index contributed by atoms with van der Waals surface area (Å²) in [6, 6.07) is 4.86. The van der Waals surface area contributed by atoms with Gasteiger partial charge in [-0.3, -0.25) is 4.79 Å². The number of hydrogen-bond acceptors (Lipinski definition) is 4. The summed E-state index contributed by atoms with van der Waals surface area (Å²) >= 11 is 0. The van der Waals surface area contributed by atoms with Crippen LogP contribution in [-0.2, 0) is 4.79 Å². The van der Waals surface area contributed by atoms with Crippen LogP contribution in [0.1, 0.15) is 25.0 Å².